The van der Waals surface area contributed by atoms with Gasteiger partial charge in [-0.3, -0.25) is 14.5 Å². The molecule has 0 radical (unpaired) electrons. The number of amides is 2. The highest BCUT2D eigenvalue weighted by Gasteiger charge is 2.55. The summed E-state index contributed by atoms with van der Waals surface area (Å²) < 4.78 is 6.32. The van der Waals surface area contributed by atoms with Crippen LogP contribution in [-0.4, -0.2) is 79.7 Å². The minimum absolute atomic E-state index is 0.00540. The van der Waals surface area contributed by atoms with Crippen molar-refractivity contribution >= 4 is 63.1 Å². The summed E-state index contributed by atoms with van der Waals surface area (Å²) in [5, 5.41) is 25.6. The van der Waals surface area contributed by atoms with Crippen molar-refractivity contribution in [3.63, 3.8) is 0 Å². The van der Waals surface area contributed by atoms with Crippen molar-refractivity contribution in [2.75, 3.05) is 24.7 Å². The van der Waals surface area contributed by atoms with Crippen LogP contribution in [0, 0.1) is 0 Å². The number of oxime groups is 1. The molecule has 2 aromatic heterocycles. The first-order chi connectivity index (χ1) is 16.9. The van der Waals surface area contributed by atoms with Crippen LogP contribution in [0.15, 0.2) is 44.5 Å². The second kappa shape index (κ2) is 10.8. The number of aliphatic carboxylic acids is 1. The van der Waals surface area contributed by atoms with Gasteiger partial charge >= 0.3 is 5.97 Å². The highest BCUT2D eigenvalue weighted by Crippen LogP contribution is 2.35. The summed E-state index contributed by atoms with van der Waals surface area (Å²) in [6.07, 6.45) is 2.14. The van der Waals surface area contributed by atoms with Gasteiger partial charge in [-0.25, -0.2) is 9.78 Å². The van der Waals surface area contributed by atoms with Crippen molar-refractivity contribution in [3.8, 4) is 0 Å². The number of thioether (sulfide) groups is 1. The number of carbonyl (C=O) groups excluding carboxylic acids is 2. The molecule has 2 unspecified atom stereocenters. The molecular formula is C19H19N7O6S3. The van der Waals surface area contributed by atoms with Crippen LogP contribution in [0.5, 0.6) is 0 Å². The molecule has 4 rings (SSSR count). The van der Waals surface area contributed by atoms with Crippen molar-refractivity contribution in [1.29, 1.82) is 0 Å². The molecule has 1 fully saturated rings. The van der Waals surface area contributed by atoms with E-state index in [4.69, 9.17) is 15.3 Å². The molecule has 35 heavy (non-hydrogen) atoms. The number of rotatable bonds is 11. The average Bonchev–Trinajstić information content (AvgIpc) is 3.52. The molecule has 2 aromatic rings. The molecule has 0 spiro atoms. The Labute approximate surface area is 210 Å². The van der Waals surface area contributed by atoms with Gasteiger partial charge in [0.15, 0.2) is 20.9 Å². The number of carbonyl (C=O) groups is 3. The molecule has 2 aliphatic rings. The lowest BCUT2D eigenvalue weighted by Crippen LogP contribution is -2.73. The lowest BCUT2D eigenvalue weighted by Gasteiger charge is -2.49. The van der Waals surface area contributed by atoms with Gasteiger partial charge in [0.25, 0.3) is 11.8 Å². The van der Waals surface area contributed by atoms with E-state index in [1.807, 2.05) is 0 Å². The first-order valence-corrected chi connectivity index (χ1v) is 12.8. The standard InChI is InChI=1S/C19H19N7O6S3/c1-2-3-4-32-25-12(9-6-33-18(20)22-9)15(27)23-13-10-5-31-11(7-34-19-24-21-8-35-19)14(17(29)30)26(10)16(13)28/h2,6,8,10,13H,1,3-5,7H2,(H2,20,22)(H,23,27)(H,29,30)/b25-12-. The SMILES string of the molecule is C=CCCO/N=C(\C(=O)NC1C(=O)N2C(C(=O)O)=C(CSc3nncs3)OCC12)c1csc(N)n1. The summed E-state index contributed by atoms with van der Waals surface area (Å²) >= 11 is 3.67. The summed E-state index contributed by atoms with van der Waals surface area (Å²) in [5.41, 5.74) is 7.00. The van der Waals surface area contributed by atoms with Crippen molar-refractivity contribution < 1.29 is 29.1 Å². The number of hydrogen-bond donors (Lipinski definition) is 3. The molecule has 1 saturated heterocycles. The minimum atomic E-state index is -1.31. The van der Waals surface area contributed by atoms with Crippen LogP contribution in [0.2, 0.25) is 0 Å². The zero-order valence-corrected chi connectivity index (χ0v) is 20.4. The Morgan fingerprint density at radius 3 is 2.97 bits per heavy atom. The highest BCUT2D eigenvalue weighted by molar-refractivity contribution is 8.01. The third kappa shape index (κ3) is 5.28. The normalized spacial score (nSPS) is 19.5. The van der Waals surface area contributed by atoms with Gasteiger partial charge in [0.2, 0.25) is 0 Å². The number of carboxylic acids is 1. The summed E-state index contributed by atoms with van der Waals surface area (Å²) in [6.45, 7) is 3.78. The fourth-order valence-electron chi connectivity index (χ4n) is 3.28. The van der Waals surface area contributed by atoms with E-state index in [0.717, 1.165) is 16.2 Å². The number of nitrogens with one attached hydrogen (secondary N) is 1. The molecule has 0 saturated carbocycles. The van der Waals surface area contributed by atoms with Gasteiger partial charge in [0, 0.05) is 11.8 Å². The number of nitrogen functional groups attached to an aromatic ring is 1. The van der Waals surface area contributed by atoms with Crippen molar-refractivity contribution in [3.05, 3.63) is 40.7 Å². The van der Waals surface area contributed by atoms with Crippen LogP contribution in [0.4, 0.5) is 5.13 Å². The van der Waals surface area contributed by atoms with Gasteiger partial charge in [-0.2, -0.15) is 0 Å². The predicted octanol–water partition coefficient (Wildman–Crippen LogP) is 0.688. The maximum atomic E-state index is 13.0. The molecule has 4 heterocycles. The average molecular weight is 538 g/mol. The maximum absolute atomic E-state index is 13.0. The van der Waals surface area contributed by atoms with Gasteiger partial charge in [0.1, 0.15) is 42.3 Å². The lowest BCUT2D eigenvalue weighted by atomic mass is 9.92. The van der Waals surface area contributed by atoms with Crippen LogP contribution in [-0.2, 0) is 24.0 Å². The largest absolute Gasteiger partial charge is 0.492 e. The second-order valence-electron chi connectivity index (χ2n) is 7.03. The molecule has 0 aromatic carbocycles. The molecule has 13 nitrogen and oxygen atoms in total. The first kappa shape index (κ1) is 24.6. The number of anilines is 1. The number of ether oxygens (including phenoxy) is 1. The summed E-state index contributed by atoms with van der Waals surface area (Å²) in [6, 6.07) is -1.71. The predicted molar refractivity (Wildman–Crippen MR) is 128 cm³/mol. The Kier molecular flexibility index (Phi) is 7.62. The Bertz CT molecular complexity index is 1200. The molecule has 16 heteroatoms. The van der Waals surface area contributed by atoms with E-state index >= 15 is 0 Å². The molecule has 0 bridgehead atoms. The maximum Gasteiger partial charge on any atom is 0.356 e. The van der Waals surface area contributed by atoms with Crippen LogP contribution < -0.4 is 11.1 Å². The smallest absolute Gasteiger partial charge is 0.356 e. The van der Waals surface area contributed by atoms with E-state index in [1.54, 1.807) is 11.6 Å². The van der Waals surface area contributed by atoms with E-state index in [2.05, 4.69) is 32.2 Å². The number of nitrogens with two attached hydrogens (primary N) is 1. The molecule has 2 atom stereocenters. The number of carboxylic acid groups (broad SMARTS) is 1. The monoisotopic (exact) mass is 537 g/mol. The molecule has 0 aliphatic carbocycles. The fraction of sp³-hybridized carbons (Fsp3) is 0.316. The number of nitrogens with zero attached hydrogens (tertiary/aromatic N) is 5. The Balaban J connectivity index is 1.48. The molecule has 2 amide bonds. The highest BCUT2D eigenvalue weighted by atomic mass is 32.2. The molecule has 4 N–H and O–H groups in total. The molecule has 184 valence electrons. The number of fused-ring (bicyclic) bond motifs is 1. The lowest BCUT2D eigenvalue weighted by molar-refractivity contribution is -0.160. The molecular weight excluding hydrogens is 518 g/mol. The van der Waals surface area contributed by atoms with Gasteiger partial charge in [-0.15, -0.1) is 28.1 Å². The van der Waals surface area contributed by atoms with Gasteiger partial charge < -0.3 is 25.7 Å². The van der Waals surface area contributed by atoms with Gasteiger partial charge in [0.05, 0.1) is 5.75 Å². The summed E-state index contributed by atoms with van der Waals surface area (Å²) in [5.74, 6) is -2.30. The Morgan fingerprint density at radius 1 is 1.49 bits per heavy atom. The quantitative estimate of drug-likeness (QED) is 0.0915. The van der Waals surface area contributed by atoms with E-state index in [-0.39, 0.29) is 47.0 Å². The topological polar surface area (TPSA) is 182 Å². The van der Waals surface area contributed by atoms with E-state index < -0.39 is 29.9 Å². The number of aromatic nitrogens is 3. The van der Waals surface area contributed by atoms with Crippen LogP contribution in [0.1, 0.15) is 12.1 Å². The van der Waals surface area contributed by atoms with E-state index in [0.29, 0.717) is 10.8 Å². The van der Waals surface area contributed by atoms with E-state index in [1.165, 1.54) is 28.5 Å². The zero-order chi connectivity index (χ0) is 24.9. The van der Waals surface area contributed by atoms with E-state index in [9.17, 15) is 19.5 Å². The third-order valence-electron chi connectivity index (χ3n) is 4.86. The minimum Gasteiger partial charge on any atom is -0.492 e. The van der Waals surface area contributed by atoms with Crippen molar-refractivity contribution in [1.82, 2.24) is 25.4 Å². The second-order valence-corrected chi connectivity index (χ2v) is 9.97. The number of thiazole rings is 1. The summed E-state index contributed by atoms with van der Waals surface area (Å²) in [7, 11) is 0. The van der Waals surface area contributed by atoms with Crippen molar-refractivity contribution in [2.24, 2.45) is 5.16 Å². The molecule has 2 aliphatic heterocycles. The van der Waals surface area contributed by atoms with Crippen LogP contribution in [0.25, 0.3) is 0 Å². The first-order valence-electron chi connectivity index (χ1n) is 10.0. The number of hydrogen-bond acceptors (Lipinski definition) is 13. The third-order valence-corrected chi connectivity index (χ3v) is 7.39. The fourth-order valence-corrected chi connectivity index (χ4v) is 5.26. The zero-order valence-electron chi connectivity index (χ0n) is 17.9. The number of β-lactam (4-membered cyclic amide) rings is 1. The Morgan fingerprint density at radius 2 is 2.31 bits per heavy atom. The van der Waals surface area contributed by atoms with Crippen LogP contribution >= 0.6 is 34.4 Å². The van der Waals surface area contributed by atoms with Gasteiger partial charge in [-0.1, -0.05) is 34.3 Å². The summed E-state index contributed by atoms with van der Waals surface area (Å²) in [4.78, 5) is 48.2. The van der Waals surface area contributed by atoms with Gasteiger partial charge in [-0.05, 0) is 0 Å². The van der Waals surface area contributed by atoms with Crippen molar-refractivity contribution in [2.45, 2.75) is 22.8 Å². The Hall–Kier alpha value is -3.50. The van der Waals surface area contributed by atoms with Crippen LogP contribution in [0.3, 0.4) is 0 Å².